The Kier molecular flexibility index (Phi) is 8.10. The second kappa shape index (κ2) is 10.8. The summed E-state index contributed by atoms with van der Waals surface area (Å²) < 4.78 is 11.0. The number of hydrogen-bond donors (Lipinski definition) is 0. The van der Waals surface area contributed by atoms with Crippen LogP contribution in [0.4, 0.5) is 0 Å². The van der Waals surface area contributed by atoms with Crippen LogP contribution in [-0.2, 0) is 9.53 Å². The van der Waals surface area contributed by atoms with Crippen molar-refractivity contribution in [3.8, 4) is 5.75 Å². The van der Waals surface area contributed by atoms with Crippen LogP contribution in [0.2, 0.25) is 0 Å². The molecule has 1 aromatic rings. The lowest BCUT2D eigenvalue weighted by Gasteiger charge is -2.32. The highest BCUT2D eigenvalue weighted by Crippen LogP contribution is 2.21. The molecule has 2 fully saturated rings. The number of carbonyl (C=O) groups is 2. The number of nitrogens with zero attached hydrogens (tertiary/aromatic N) is 3. The van der Waals surface area contributed by atoms with Crippen LogP contribution in [0.15, 0.2) is 24.3 Å². The first-order valence-electron chi connectivity index (χ1n) is 10.9. The van der Waals surface area contributed by atoms with Crippen LogP contribution in [-0.4, -0.2) is 93.2 Å². The van der Waals surface area contributed by atoms with Gasteiger partial charge in [-0.3, -0.25) is 9.59 Å². The topological polar surface area (TPSA) is 62.3 Å². The van der Waals surface area contributed by atoms with Gasteiger partial charge in [-0.1, -0.05) is 0 Å². The normalized spacial score (nSPS) is 20.8. The summed E-state index contributed by atoms with van der Waals surface area (Å²) in [6, 6.07) is 7.44. The largest absolute Gasteiger partial charge is 0.490 e. The van der Waals surface area contributed by atoms with Gasteiger partial charge in [0.15, 0.2) is 0 Å². The molecule has 1 aromatic carbocycles. The standard InChI is InChI=1S/C23H35N3O4/c1-24-12-4-5-18(15-24)16-25(2)23(28)19-6-8-20(9-7-19)30-21-10-13-26(14-11-21)22(27)17-29-3/h6-9,18,21H,4-5,10-17H2,1-3H3/t18-/m0/s1. The van der Waals surface area contributed by atoms with Crippen molar-refractivity contribution in [1.82, 2.24) is 14.7 Å². The van der Waals surface area contributed by atoms with Crippen LogP contribution in [0.3, 0.4) is 0 Å². The molecule has 0 spiro atoms. The lowest BCUT2D eigenvalue weighted by molar-refractivity contribution is -0.136. The number of methoxy groups -OCH3 is 1. The highest BCUT2D eigenvalue weighted by atomic mass is 16.5. The molecule has 7 heteroatoms. The van der Waals surface area contributed by atoms with E-state index < -0.39 is 0 Å². The smallest absolute Gasteiger partial charge is 0.253 e. The van der Waals surface area contributed by atoms with Crippen molar-refractivity contribution in [3.63, 3.8) is 0 Å². The quantitative estimate of drug-likeness (QED) is 0.680. The van der Waals surface area contributed by atoms with Gasteiger partial charge in [-0.05, 0) is 56.6 Å². The van der Waals surface area contributed by atoms with E-state index >= 15 is 0 Å². The fraction of sp³-hybridized carbons (Fsp3) is 0.652. The van der Waals surface area contributed by atoms with E-state index in [1.54, 1.807) is 0 Å². The fourth-order valence-corrected chi connectivity index (χ4v) is 4.42. The lowest BCUT2D eigenvalue weighted by Crippen LogP contribution is -2.43. The number of benzene rings is 1. The van der Waals surface area contributed by atoms with Crippen molar-refractivity contribution < 1.29 is 19.1 Å². The average Bonchev–Trinajstić information content (AvgIpc) is 2.74. The van der Waals surface area contributed by atoms with E-state index in [1.807, 2.05) is 41.1 Å². The van der Waals surface area contributed by atoms with Gasteiger partial charge in [0, 0.05) is 58.7 Å². The molecular formula is C23H35N3O4. The van der Waals surface area contributed by atoms with E-state index in [0.29, 0.717) is 24.6 Å². The number of carbonyl (C=O) groups excluding carboxylic acids is 2. The van der Waals surface area contributed by atoms with Gasteiger partial charge < -0.3 is 24.2 Å². The third kappa shape index (κ3) is 6.19. The Hall–Kier alpha value is -2.12. The molecule has 2 amide bonds. The molecule has 0 aliphatic carbocycles. The predicted octanol–water partition coefficient (Wildman–Crippen LogP) is 2.12. The molecule has 0 N–H and O–H groups in total. The first-order chi connectivity index (χ1) is 14.5. The molecule has 30 heavy (non-hydrogen) atoms. The van der Waals surface area contributed by atoms with Gasteiger partial charge in [-0.15, -0.1) is 0 Å². The highest BCUT2D eigenvalue weighted by molar-refractivity contribution is 5.94. The summed E-state index contributed by atoms with van der Waals surface area (Å²) in [5, 5.41) is 0. The van der Waals surface area contributed by atoms with Crippen LogP contribution >= 0.6 is 0 Å². The summed E-state index contributed by atoms with van der Waals surface area (Å²) in [4.78, 5) is 30.7. The summed E-state index contributed by atoms with van der Waals surface area (Å²) in [5.41, 5.74) is 0.689. The zero-order valence-electron chi connectivity index (χ0n) is 18.5. The summed E-state index contributed by atoms with van der Waals surface area (Å²) in [6.45, 7) is 4.50. The molecule has 3 rings (SSSR count). The molecular weight excluding hydrogens is 382 g/mol. The lowest BCUT2D eigenvalue weighted by atomic mass is 9.98. The molecule has 0 radical (unpaired) electrons. The van der Waals surface area contributed by atoms with Gasteiger partial charge in [0.05, 0.1) is 0 Å². The Balaban J connectivity index is 1.46. The molecule has 2 saturated heterocycles. The second-order valence-corrected chi connectivity index (χ2v) is 8.61. The van der Waals surface area contributed by atoms with Crippen molar-refractivity contribution in [2.75, 3.05) is 60.5 Å². The van der Waals surface area contributed by atoms with Gasteiger partial charge >= 0.3 is 0 Å². The summed E-state index contributed by atoms with van der Waals surface area (Å²) in [7, 11) is 5.57. The molecule has 2 aliphatic heterocycles. The Morgan fingerprint density at radius 2 is 1.80 bits per heavy atom. The minimum absolute atomic E-state index is 0.0304. The van der Waals surface area contributed by atoms with E-state index in [1.165, 1.54) is 20.0 Å². The van der Waals surface area contributed by atoms with Crippen molar-refractivity contribution in [1.29, 1.82) is 0 Å². The number of hydrogen-bond acceptors (Lipinski definition) is 5. The van der Waals surface area contributed by atoms with Crippen LogP contribution in [0, 0.1) is 5.92 Å². The molecule has 2 aliphatic rings. The average molecular weight is 418 g/mol. The zero-order valence-corrected chi connectivity index (χ0v) is 18.5. The molecule has 166 valence electrons. The predicted molar refractivity (Wildman–Crippen MR) is 116 cm³/mol. The van der Waals surface area contributed by atoms with Crippen molar-refractivity contribution >= 4 is 11.8 Å². The number of ether oxygens (including phenoxy) is 2. The first kappa shape index (κ1) is 22.6. The van der Waals surface area contributed by atoms with E-state index in [-0.39, 0.29) is 24.5 Å². The van der Waals surface area contributed by atoms with E-state index in [4.69, 9.17) is 9.47 Å². The summed E-state index contributed by atoms with van der Waals surface area (Å²) in [6.07, 6.45) is 4.08. The van der Waals surface area contributed by atoms with Gasteiger partial charge in [0.1, 0.15) is 18.5 Å². The van der Waals surface area contributed by atoms with E-state index in [9.17, 15) is 9.59 Å². The minimum atomic E-state index is 0.0304. The van der Waals surface area contributed by atoms with E-state index in [0.717, 1.165) is 38.2 Å². The Morgan fingerprint density at radius 1 is 1.10 bits per heavy atom. The fourth-order valence-electron chi connectivity index (χ4n) is 4.42. The number of piperidine rings is 2. The number of rotatable bonds is 7. The maximum absolute atomic E-state index is 12.8. The van der Waals surface area contributed by atoms with Crippen LogP contribution in [0.1, 0.15) is 36.0 Å². The Labute approximate surface area is 179 Å². The van der Waals surface area contributed by atoms with Gasteiger partial charge in [0.2, 0.25) is 5.91 Å². The highest BCUT2D eigenvalue weighted by Gasteiger charge is 2.24. The maximum atomic E-state index is 12.8. The van der Waals surface area contributed by atoms with Gasteiger partial charge in [0.25, 0.3) is 5.91 Å². The monoisotopic (exact) mass is 417 g/mol. The van der Waals surface area contributed by atoms with Crippen LogP contribution in [0.25, 0.3) is 0 Å². The maximum Gasteiger partial charge on any atom is 0.253 e. The number of likely N-dealkylation sites (tertiary alicyclic amines) is 2. The SMILES string of the molecule is COCC(=O)N1CCC(Oc2ccc(C(=O)N(C)C[C@H]3CCCN(C)C3)cc2)CC1. The third-order valence-corrected chi connectivity index (χ3v) is 6.07. The van der Waals surface area contributed by atoms with Crippen molar-refractivity contribution in [3.05, 3.63) is 29.8 Å². The third-order valence-electron chi connectivity index (χ3n) is 6.07. The molecule has 7 nitrogen and oxygen atoms in total. The Bertz CT molecular complexity index is 701. The first-order valence-corrected chi connectivity index (χ1v) is 10.9. The molecule has 2 heterocycles. The van der Waals surface area contributed by atoms with Crippen LogP contribution in [0.5, 0.6) is 5.75 Å². The molecule has 0 aromatic heterocycles. The van der Waals surface area contributed by atoms with Gasteiger partial charge in [-0.25, -0.2) is 0 Å². The minimum Gasteiger partial charge on any atom is -0.490 e. The summed E-state index contributed by atoms with van der Waals surface area (Å²) in [5.74, 6) is 1.40. The van der Waals surface area contributed by atoms with Crippen LogP contribution < -0.4 is 4.74 Å². The van der Waals surface area contributed by atoms with Crippen molar-refractivity contribution in [2.24, 2.45) is 5.92 Å². The second-order valence-electron chi connectivity index (χ2n) is 8.61. The van der Waals surface area contributed by atoms with E-state index in [2.05, 4.69) is 11.9 Å². The zero-order chi connectivity index (χ0) is 21.5. The van der Waals surface area contributed by atoms with Gasteiger partial charge in [-0.2, -0.15) is 0 Å². The number of amides is 2. The summed E-state index contributed by atoms with van der Waals surface area (Å²) >= 11 is 0. The molecule has 0 unspecified atom stereocenters. The molecule has 0 saturated carbocycles. The Morgan fingerprint density at radius 3 is 2.43 bits per heavy atom. The molecule has 1 atom stereocenters. The molecule has 0 bridgehead atoms. The van der Waals surface area contributed by atoms with Crippen molar-refractivity contribution in [2.45, 2.75) is 31.8 Å².